The molecule has 0 aliphatic heterocycles. The Balaban J connectivity index is 1.72. The predicted molar refractivity (Wildman–Crippen MR) is 123 cm³/mol. The van der Waals surface area contributed by atoms with E-state index in [1.807, 2.05) is 19.1 Å². The Morgan fingerprint density at radius 2 is 1.69 bits per heavy atom. The van der Waals surface area contributed by atoms with E-state index in [-0.39, 0.29) is 23.8 Å². The number of rotatable bonds is 9. The third-order valence-corrected chi connectivity index (χ3v) is 4.62. The zero-order valence-corrected chi connectivity index (χ0v) is 19.4. The number of hydrogen-bond donors (Lipinski definition) is 2. The summed E-state index contributed by atoms with van der Waals surface area (Å²) in [7, 11) is 0. The maximum atomic E-state index is 12.2. The number of esters is 1. The fraction of sp³-hybridized carbons (Fsp3) is 0.400. The molecule has 0 fully saturated rings. The van der Waals surface area contributed by atoms with E-state index in [0.717, 1.165) is 11.1 Å². The Labute approximate surface area is 189 Å². The summed E-state index contributed by atoms with van der Waals surface area (Å²) in [5.41, 5.74) is 2.51. The Kier molecular flexibility index (Phi) is 8.81. The quantitative estimate of drug-likeness (QED) is 0.353. The molecule has 7 nitrogen and oxygen atoms in total. The number of carbonyl (C=O) groups excluding carboxylic acids is 3. The van der Waals surface area contributed by atoms with Crippen LogP contribution in [0.1, 0.15) is 55.6 Å². The van der Waals surface area contributed by atoms with Gasteiger partial charge in [-0.15, -0.1) is 0 Å². The van der Waals surface area contributed by atoms with Crippen molar-refractivity contribution in [1.82, 2.24) is 10.6 Å². The van der Waals surface area contributed by atoms with Gasteiger partial charge < -0.3 is 20.1 Å². The minimum atomic E-state index is -0.445. The topological polar surface area (TPSA) is 93.7 Å². The lowest BCUT2D eigenvalue weighted by molar-refractivity contribution is -0.131. The SMILES string of the molecule is CC(=O)Oc1cccc(C(=O)NCCCNC(=O)COc2ccc(C)cc2C(C)(C)C)c1. The number of hydrogen-bond acceptors (Lipinski definition) is 5. The molecule has 0 unspecified atom stereocenters. The van der Waals surface area contributed by atoms with Crippen LogP contribution in [0.15, 0.2) is 42.5 Å². The smallest absolute Gasteiger partial charge is 0.308 e. The third kappa shape index (κ3) is 8.06. The average molecular weight is 441 g/mol. The molecular formula is C25H32N2O5. The van der Waals surface area contributed by atoms with Crippen LogP contribution in [0, 0.1) is 6.92 Å². The van der Waals surface area contributed by atoms with Gasteiger partial charge in [-0.2, -0.15) is 0 Å². The molecule has 0 atom stereocenters. The number of benzene rings is 2. The Morgan fingerprint density at radius 1 is 0.969 bits per heavy atom. The highest BCUT2D eigenvalue weighted by atomic mass is 16.5. The van der Waals surface area contributed by atoms with Gasteiger partial charge in [0.05, 0.1) is 0 Å². The van der Waals surface area contributed by atoms with Gasteiger partial charge in [-0.3, -0.25) is 14.4 Å². The van der Waals surface area contributed by atoms with Crippen LogP contribution in [-0.2, 0) is 15.0 Å². The molecular weight excluding hydrogens is 408 g/mol. The summed E-state index contributed by atoms with van der Waals surface area (Å²) in [4.78, 5) is 35.4. The fourth-order valence-electron chi connectivity index (χ4n) is 3.04. The van der Waals surface area contributed by atoms with E-state index < -0.39 is 5.97 Å². The lowest BCUT2D eigenvalue weighted by atomic mass is 9.85. The maximum absolute atomic E-state index is 12.2. The van der Waals surface area contributed by atoms with Gasteiger partial charge in [-0.05, 0) is 48.6 Å². The van der Waals surface area contributed by atoms with E-state index in [2.05, 4.69) is 37.5 Å². The predicted octanol–water partition coefficient (Wildman–Crippen LogP) is 3.53. The molecule has 7 heteroatoms. The van der Waals surface area contributed by atoms with Gasteiger partial charge in [0.15, 0.2) is 6.61 Å². The monoisotopic (exact) mass is 440 g/mol. The molecule has 0 heterocycles. The van der Waals surface area contributed by atoms with Crippen molar-refractivity contribution in [2.75, 3.05) is 19.7 Å². The van der Waals surface area contributed by atoms with Crippen LogP contribution in [-0.4, -0.2) is 37.5 Å². The first-order valence-electron chi connectivity index (χ1n) is 10.6. The highest BCUT2D eigenvalue weighted by Crippen LogP contribution is 2.32. The number of ether oxygens (including phenoxy) is 2. The van der Waals surface area contributed by atoms with Gasteiger partial charge in [0.25, 0.3) is 11.8 Å². The summed E-state index contributed by atoms with van der Waals surface area (Å²) in [5, 5.41) is 5.57. The molecule has 0 aromatic heterocycles. The lowest BCUT2D eigenvalue weighted by Gasteiger charge is -2.23. The summed E-state index contributed by atoms with van der Waals surface area (Å²) < 4.78 is 10.7. The molecule has 2 aromatic carbocycles. The van der Waals surface area contributed by atoms with Crippen LogP contribution in [0.4, 0.5) is 0 Å². The van der Waals surface area contributed by atoms with Crippen molar-refractivity contribution < 1.29 is 23.9 Å². The highest BCUT2D eigenvalue weighted by Gasteiger charge is 2.19. The van der Waals surface area contributed by atoms with Gasteiger partial charge >= 0.3 is 5.97 Å². The number of carbonyl (C=O) groups is 3. The summed E-state index contributed by atoms with van der Waals surface area (Å²) >= 11 is 0. The van der Waals surface area contributed by atoms with Crippen molar-refractivity contribution in [3.8, 4) is 11.5 Å². The van der Waals surface area contributed by atoms with Gasteiger partial charge in [0.2, 0.25) is 0 Å². The molecule has 0 aliphatic rings. The summed E-state index contributed by atoms with van der Waals surface area (Å²) in [5.74, 6) is 0.0926. The first-order valence-corrected chi connectivity index (χ1v) is 10.6. The molecule has 2 aromatic rings. The van der Waals surface area contributed by atoms with Crippen molar-refractivity contribution in [2.45, 2.75) is 46.5 Å². The second kappa shape index (κ2) is 11.3. The fourth-order valence-corrected chi connectivity index (χ4v) is 3.04. The first-order chi connectivity index (χ1) is 15.1. The largest absolute Gasteiger partial charge is 0.483 e. The van der Waals surface area contributed by atoms with Gasteiger partial charge in [-0.25, -0.2) is 0 Å². The Morgan fingerprint density at radius 3 is 2.38 bits per heavy atom. The van der Waals surface area contributed by atoms with E-state index >= 15 is 0 Å². The number of nitrogens with one attached hydrogen (secondary N) is 2. The van der Waals surface area contributed by atoms with Crippen molar-refractivity contribution in [1.29, 1.82) is 0 Å². The van der Waals surface area contributed by atoms with Crippen molar-refractivity contribution in [3.05, 3.63) is 59.2 Å². The van der Waals surface area contributed by atoms with Crippen molar-refractivity contribution in [2.24, 2.45) is 0 Å². The van der Waals surface area contributed by atoms with E-state index in [0.29, 0.717) is 36.6 Å². The Bertz CT molecular complexity index is 963. The molecule has 0 saturated heterocycles. The van der Waals surface area contributed by atoms with Gasteiger partial charge in [0, 0.05) is 25.6 Å². The van der Waals surface area contributed by atoms with Crippen LogP contribution in [0.5, 0.6) is 11.5 Å². The van der Waals surface area contributed by atoms with E-state index in [4.69, 9.17) is 9.47 Å². The molecule has 32 heavy (non-hydrogen) atoms. The molecule has 0 bridgehead atoms. The van der Waals surface area contributed by atoms with Crippen LogP contribution in [0.3, 0.4) is 0 Å². The second-order valence-corrected chi connectivity index (χ2v) is 8.62. The molecule has 172 valence electrons. The summed E-state index contributed by atoms with van der Waals surface area (Å²) in [6.07, 6.45) is 0.568. The zero-order chi connectivity index (χ0) is 23.7. The van der Waals surface area contributed by atoms with Crippen LogP contribution >= 0.6 is 0 Å². The maximum Gasteiger partial charge on any atom is 0.308 e. The van der Waals surface area contributed by atoms with Gasteiger partial charge in [-0.1, -0.05) is 44.5 Å². The van der Waals surface area contributed by atoms with E-state index in [1.165, 1.54) is 13.0 Å². The molecule has 0 radical (unpaired) electrons. The average Bonchev–Trinajstić information content (AvgIpc) is 2.71. The van der Waals surface area contributed by atoms with Crippen LogP contribution in [0.25, 0.3) is 0 Å². The second-order valence-electron chi connectivity index (χ2n) is 8.62. The van der Waals surface area contributed by atoms with E-state index in [9.17, 15) is 14.4 Å². The third-order valence-electron chi connectivity index (χ3n) is 4.62. The Hall–Kier alpha value is -3.35. The minimum absolute atomic E-state index is 0.0680. The molecule has 0 aliphatic carbocycles. The lowest BCUT2D eigenvalue weighted by Crippen LogP contribution is -2.32. The molecule has 2 rings (SSSR count). The number of amides is 2. The normalized spacial score (nSPS) is 10.9. The van der Waals surface area contributed by atoms with E-state index in [1.54, 1.807) is 18.2 Å². The van der Waals surface area contributed by atoms with Crippen LogP contribution in [0.2, 0.25) is 0 Å². The van der Waals surface area contributed by atoms with Gasteiger partial charge in [0.1, 0.15) is 11.5 Å². The standard InChI is InChI=1S/C25H32N2O5/c1-17-10-11-22(21(14-17)25(3,4)5)31-16-23(29)26-12-7-13-27-24(30)19-8-6-9-20(15-19)32-18(2)28/h6,8-11,14-15H,7,12-13,16H2,1-5H3,(H,26,29)(H,27,30). The summed E-state index contributed by atoms with van der Waals surface area (Å²) in [6, 6.07) is 12.3. The zero-order valence-electron chi connectivity index (χ0n) is 19.4. The molecule has 0 saturated carbocycles. The first kappa shape index (κ1) is 24.9. The minimum Gasteiger partial charge on any atom is -0.483 e. The highest BCUT2D eigenvalue weighted by molar-refractivity contribution is 5.94. The van der Waals surface area contributed by atoms with Crippen LogP contribution < -0.4 is 20.1 Å². The summed E-state index contributed by atoms with van der Waals surface area (Å²) in [6.45, 7) is 10.4. The molecule has 2 N–H and O–H groups in total. The number of aryl methyl sites for hydroxylation is 1. The van der Waals surface area contributed by atoms with Crippen molar-refractivity contribution in [3.63, 3.8) is 0 Å². The van der Waals surface area contributed by atoms with Crippen molar-refractivity contribution >= 4 is 17.8 Å². The molecule has 2 amide bonds. The molecule has 0 spiro atoms.